The number of nitrogens with one attached hydrogen (secondary N) is 3. The van der Waals surface area contributed by atoms with Crippen molar-refractivity contribution >= 4 is 40.0 Å². The van der Waals surface area contributed by atoms with Gasteiger partial charge in [0, 0.05) is 56.4 Å². The van der Waals surface area contributed by atoms with Gasteiger partial charge in [-0.3, -0.25) is 4.79 Å². The SMILES string of the molecule is CCN1CCC(Nc2c(Cl)cnc3[nH]c(-c4ccc(N5CCNC(=O)CC5)cc4)nc23)CC1. The molecule has 4 heterocycles. The Kier molecular flexibility index (Phi) is 6.37. The number of nitrogens with zero attached hydrogens (tertiary/aromatic N) is 4. The van der Waals surface area contributed by atoms with Gasteiger partial charge in [-0.2, -0.15) is 0 Å². The molecule has 8 nitrogen and oxygen atoms in total. The lowest BCUT2D eigenvalue weighted by Gasteiger charge is -2.32. The third-order valence-electron chi connectivity index (χ3n) is 6.67. The summed E-state index contributed by atoms with van der Waals surface area (Å²) in [5.74, 6) is 0.880. The lowest BCUT2D eigenvalue weighted by molar-refractivity contribution is -0.120. The number of pyridine rings is 1. The van der Waals surface area contributed by atoms with E-state index in [4.69, 9.17) is 16.6 Å². The highest BCUT2D eigenvalue weighted by Crippen LogP contribution is 2.32. The second kappa shape index (κ2) is 9.57. The molecule has 2 fully saturated rings. The topological polar surface area (TPSA) is 89.2 Å². The molecule has 9 heteroatoms. The summed E-state index contributed by atoms with van der Waals surface area (Å²) >= 11 is 6.54. The molecule has 0 saturated carbocycles. The van der Waals surface area contributed by atoms with Gasteiger partial charge in [-0.15, -0.1) is 0 Å². The molecule has 5 rings (SSSR count). The van der Waals surface area contributed by atoms with Crippen LogP contribution >= 0.6 is 11.6 Å². The van der Waals surface area contributed by atoms with Gasteiger partial charge in [-0.05, 0) is 43.7 Å². The van der Waals surface area contributed by atoms with Crippen LogP contribution in [0.4, 0.5) is 11.4 Å². The number of imidazole rings is 1. The van der Waals surface area contributed by atoms with Crippen molar-refractivity contribution in [1.82, 2.24) is 25.2 Å². The Morgan fingerprint density at radius 2 is 1.94 bits per heavy atom. The van der Waals surface area contributed by atoms with E-state index in [0.717, 1.165) is 79.5 Å². The average Bonchev–Trinajstić information content (AvgIpc) is 3.16. The van der Waals surface area contributed by atoms with Crippen molar-refractivity contribution in [2.45, 2.75) is 32.2 Å². The number of likely N-dealkylation sites (tertiary alicyclic amines) is 1. The van der Waals surface area contributed by atoms with Crippen LogP contribution in [0.15, 0.2) is 30.5 Å². The number of H-pyrrole nitrogens is 1. The normalized spacial score (nSPS) is 18.4. The van der Waals surface area contributed by atoms with Crippen LogP contribution in [0, 0.1) is 0 Å². The van der Waals surface area contributed by atoms with Gasteiger partial charge < -0.3 is 25.4 Å². The standard InChI is InChI=1S/C24H30ClN7O/c1-2-31-11-7-17(8-12-31)28-21-19(25)15-27-24-22(21)29-23(30-24)16-3-5-18(6-4-16)32-13-9-20(33)26-10-14-32/h3-6,15,17H,2,7-14H2,1H3,(H,26,33)(H2,27,28,29,30). The zero-order valence-electron chi connectivity index (χ0n) is 18.9. The van der Waals surface area contributed by atoms with Gasteiger partial charge in [-0.25, -0.2) is 9.97 Å². The molecule has 0 spiro atoms. The fourth-order valence-corrected chi connectivity index (χ4v) is 4.85. The smallest absolute Gasteiger partial charge is 0.221 e. The van der Waals surface area contributed by atoms with E-state index in [-0.39, 0.29) is 5.91 Å². The summed E-state index contributed by atoms with van der Waals surface area (Å²) in [5.41, 5.74) is 4.45. The van der Waals surface area contributed by atoms with Crippen LogP contribution in [0.25, 0.3) is 22.6 Å². The average molecular weight is 468 g/mol. The Hall–Kier alpha value is -2.84. The van der Waals surface area contributed by atoms with Gasteiger partial charge in [0.05, 0.1) is 16.9 Å². The van der Waals surface area contributed by atoms with Crippen molar-refractivity contribution in [3.05, 3.63) is 35.5 Å². The van der Waals surface area contributed by atoms with Crippen molar-refractivity contribution in [2.75, 3.05) is 49.5 Å². The number of rotatable bonds is 5. The van der Waals surface area contributed by atoms with E-state index < -0.39 is 0 Å². The van der Waals surface area contributed by atoms with Gasteiger partial charge in [0.15, 0.2) is 5.65 Å². The first kappa shape index (κ1) is 22.0. The molecule has 3 N–H and O–H groups in total. The van der Waals surface area contributed by atoms with Crippen LogP contribution in [0.5, 0.6) is 0 Å². The maximum atomic E-state index is 11.6. The molecule has 1 aromatic carbocycles. The second-order valence-electron chi connectivity index (χ2n) is 8.75. The van der Waals surface area contributed by atoms with E-state index in [1.165, 1.54) is 0 Å². The van der Waals surface area contributed by atoms with Crippen molar-refractivity contribution in [2.24, 2.45) is 0 Å². The molecule has 33 heavy (non-hydrogen) atoms. The molecule has 3 aromatic rings. The van der Waals surface area contributed by atoms with Gasteiger partial charge in [0.25, 0.3) is 0 Å². The largest absolute Gasteiger partial charge is 0.379 e. The predicted molar refractivity (Wildman–Crippen MR) is 133 cm³/mol. The summed E-state index contributed by atoms with van der Waals surface area (Å²) in [6.07, 6.45) is 4.38. The highest BCUT2D eigenvalue weighted by Gasteiger charge is 2.21. The molecule has 2 aromatic heterocycles. The Bertz CT molecular complexity index is 1120. The monoisotopic (exact) mass is 467 g/mol. The van der Waals surface area contributed by atoms with E-state index in [2.05, 4.69) is 61.6 Å². The number of benzene rings is 1. The van der Waals surface area contributed by atoms with E-state index in [9.17, 15) is 4.79 Å². The quantitative estimate of drug-likeness (QED) is 0.532. The van der Waals surface area contributed by atoms with Crippen LogP contribution in [0.3, 0.4) is 0 Å². The van der Waals surface area contributed by atoms with E-state index in [1.54, 1.807) is 6.20 Å². The zero-order chi connectivity index (χ0) is 22.8. The summed E-state index contributed by atoms with van der Waals surface area (Å²) in [4.78, 5) is 29.0. The minimum Gasteiger partial charge on any atom is -0.379 e. The van der Waals surface area contributed by atoms with Gasteiger partial charge in [0.2, 0.25) is 5.91 Å². The molecule has 2 aliphatic heterocycles. The van der Waals surface area contributed by atoms with E-state index >= 15 is 0 Å². The summed E-state index contributed by atoms with van der Waals surface area (Å²) in [6, 6.07) is 8.66. The number of aromatic amines is 1. The minimum atomic E-state index is 0.114. The lowest BCUT2D eigenvalue weighted by Crippen LogP contribution is -2.38. The number of amides is 1. The lowest BCUT2D eigenvalue weighted by atomic mass is 10.0. The summed E-state index contributed by atoms with van der Waals surface area (Å²) in [6.45, 7) is 7.71. The van der Waals surface area contributed by atoms with E-state index in [0.29, 0.717) is 24.0 Å². The van der Waals surface area contributed by atoms with Crippen molar-refractivity contribution in [3.8, 4) is 11.4 Å². The number of fused-ring (bicyclic) bond motifs is 1. The first-order valence-electron chi connectivity index (χ1n) is 11.8. The fourth-order valence-electron chi connectivity index (χ4n) is 4.66. The van der Waals surface area contributed by atoms with E-state index in [1.807, 2.05) is 0 Å². The molecule has 2 saturated heterocycles. The van der Waals surface area contributed by atoms with Crippen molar-refractivity contribution in [3.63, 3.8) is 0 Å². The Balaban J connectivity index is 1.36. The number of carbonyl (C=O) groups is 1. The van der Waals surface area contributed by atoms with Crippen LogP contribution < -0.4 is 15.5 Å². The Labute approximate surface area is 198 Å². The molecule has 0 unspecified atom stereocenters. The third kappa shape index (κ3) is 4.77. The summed E-state index contributed by atoms with van der Waals surface area (Å²) in [7, 11) is 0. The second-order valence-corrected chi connectivity index (χ2v) is 9.16. The first-order chi connectivity index (χ1) is 16.1. The molecular formula is C24H30ClN7O. The molecule has 0 bridgehead atoms. The predicted octanol–water partition coefficient (Wildman–Crippen LogP) is 3.50. The zero-order valence-corrected chi connectivity index (χ0v) is 19.7. The van der Waals surface area contributed by atoms with Crippen molar-refractivity contribution < 1.29 is 4.79 Å². The number of halogens is 1. The van der Waals surface area contributed by atoms with Crippen LogP contribution in [0.1, 0.15) is 26.2 Å². The van der Waals surface area contributed by atoms with Gasteiger partial charge >= 0.3 is 0 Å². The molecule has 0 aliphatic carbocycles. The van der Waals surface area contributed by atoms with Crippen molar-refractivity contribution in [1.29, 1.82) is 0 Å². The molecule has 0 atom stereocenters. The fraction of sp³-hybridized carbons (Fsp3) is 0.458. The molecule has 0 radical (unpaired) electrons. The summed E-state index contributed by atoms with van der Waals surface area (Å²) in [5, 5.41) is 7.16. The van der Waals surface area contributed by atoms with Crippen LogP contribution in [-0.4, -0.2) is 71.1 Å². The molecule has 1 amide bonds. The number of hydrogen-bond donors (Lipinski definition) is 3. The highest BCUT2D eigenvalue weighted by atomic mass is 35.5. The van der Waals surface area contributed by atoms with Gasteiger partial charge in [-0.1, -0.05) is 18.5 Å². The number of aromatic nitrogens is 3. The minimum absolute atomic E-state index is 0.114. The summed E-state index contributed by atoms with van der Waals surface area (Å²) < 4.78 is 0. The Morgan fingerprint density at radius 1 is 1.15 bits per heavy atom. The third-order valence-corrected chi connectivity index (χ3v) is 6.96. The maximum Gasteiger partial charge on any atom is 0.221 e. The maximum absolute atomic E-state index is 11.6. The van der Waals surface area contributed by atoms with Gasteiger partial charge in [0.1, 0.15) is 11.3 Å². The number of hydrogen-bond acceptors (Lipinski definition) is 6. The molecular weight excluding hydrogens is 438 g/mol. The van der Waals surface area contributed by atoms with Crippen LogP contribution in [0.2, 0.25) is 5.02 Å². The molecule has 2 aliphatic rings. The highest BCUT2D eigenvalue weighted by molar-refractivity contribution is 6.34. The number of anilines is 2. The Morgan fingerprint density at radius 3 is 2.70 bits per heavy atom. The number of carbonyl (C=O) groups excluding carboxylic acids is 1. The first-order valence-corrected chi connectivity index (χ1v) is 12.1. The number of piperidine rings is 1. The van der Waals surface area contributed by atoms with Crippen LogP contribution in [-0.2, 0) is 4.79 Å². The molecule has 174 valence electrons.